The molecule has 0 atom stereocenters. The average Bonchev–Trinajstić information content (AvgIpc) is 3.38. The van der Waals surface area contributed by atoms with Crippen LogP contribution in [-0.2, 0) is 16.6 Å². The zero-order chi connectivity index (χ0) is 19.7. The summed E-state index contributed by atoms with van der Waals surface area (Å²) >= 11 is 0. The third-order valence-electron chi connectivity index (χ3n) is 4.84. The first-order chi connectivity index (χ1) is 13.5. The molecule has 1 saturated heterocycles. The quantitative estimate of drug-likeness (QED) is 0.619. The number of hydrogen-bond donors (Lipinski definition) is 0. The fourth-order valence-corrected chi connectivity index (χ4v) is 4.64. The summed E-state index contributed by atoms with van der Waals surface area (Å²) in [5, 5.41) is 12.7. The molecule has 0 radical (unpaired) electrons. The second kappa shape index (κ2) is 7.32. The first-order valence-electron chi connectivity index (χ1n) is 9.11. The minimum atomic E-state index is -3.59. The van der Waals surface area contributed by atoms with Crippen LogP contribution in [-0.4, -0.2) is 68.4 Å². The molecule has 4 rings (SSSR count). The molecule has 0 aliphatic carbocycles. The predicted molar refractivity (Wildman–Crippen MR) is 103 cm³/mol. The van der Waals surface area contributed by atoms with Gasteiger partial charge in [0, 0.05) is 51.3 Å². The average molecular weight is 402 g/mol. The standard InChI is InChI=1S/C17H22N8O2S/c1-3-22-13-17(19-14(22)2)28(26,27)24-11-9-23(10-12-24)15-5-6-16(21-20-15)25-8-4-7-18-25/h4-8,13H,3,9-12H2,1-2H3. The molecule has 0 N–H and O–H groups in total. The van der Waals surface area contributed by atoms with Gasteiger partial charge in [-0.05, 0) is 32.0 Å². The topological polar surface area (TPSA) is 102 Å². The molecular weight excluding hydrogens is 380 g/mol. The van der Waals surface area contributed by atoms with Gasteiger partial charge in [-0.25, -0.2) is 18.1 Å². The highest BCUT2D eigenvalue weighted by Gasteiger charge is 2.31. The number of aromatic nitrogens is 6. The maximum atomic E-state index is 12.9. The third kappa shape index (κ3) is 3.38. The van der Waals surface area contributed by atoms with Crippen molar-refractivity contribution in [1.82, 2.24) is 33.8 Å². The molecular formula is C17H22N8O2S. The Morgan fingerprint density at radius 1 is 1.07 bits per heavy atom. The van der Waals surface area contributed by atoms with Crippen LogP contribution in [0.25, 0.3) is 5.82 Å². The molecule has 0 saturated carbocycles. The minimum absolute atomic E-state index is 0.115. The minimum Gasteiger partial charge on any atom is -0.352 e. The normalized spacial score (nSPS) is 15.9. The van der Waals surface area contributed by atoms with Crippen LogP contribution < -0.4 is 4.90 Å². The van der Waals surface area contributed by atoms with Crippen LogP contribution in [0.15, 0.2) is 41.8 Å². The molecule has 0 spiro atoms. The van der Waals surface area contributed by atoms with Gasteiger partial charge in [0.2, 0.25) is 0 Å². The Morgan fingerprint density at radius 2 is 1.79 bits per heavy atom. The van der Waals surface area contributed by atoms with Crippen LogP contribution in [0.2, 0.25) is 0 Å². The molecule has 3 aromatic rings. The lowest BCUT2D eigenvalue weighted by Gasteiger charge is -2.33. The molecule has 1 aliphatic heterocycles. The summed E-state index contributed by atoms with van der Waals surface area (Å²) in [6.45, 7) is 6.31. The fourth-order valence-electron chi connectivity index (χ4n) is 3.23. The van der Waals surface area contributed by atoms with E-state index in [0.717, 1.165) is 5.82 Å². The summed E-state index contributed by atoms with van der Waals surface area (Å²) in [7, 11) is -3.59. The highest BCUT2D eigenvalue weighted by molar-refractivity contribution is 7.89. The summed E-state index contributed by atoms with van der Waals surface area (Å²) in [5.41, 5.74) is 0. The molecule has 11 heteroatoms. The smallest absolute Gasteiger partial charge is 0.262 e. The molecule has 0 bridgehead atoms. The maximum absolute atomic E-state index is 12.9. The van der Waals surface area contributed by atoms with Gasteiger partial charge in [-0.3, -0.25) is 0 Å². The summed E-state index contributed by atoms with van der Waals surface area (Å²) in [5.74, 6) is 2.06. The molecule has 28 heavy (non-hydrogen) atoms. The van der Waals surface area contributed by atoms with Crippen LogP contribution in [0.4, 0.5) is 5.82 Å². The summed E-state index contributed by atoms with van der Waals surface area (Å²) in [4.78, 5) is 6.26. The largest absolute Gasteiger partial charge is 0.352 e. The number of nitrogens with zero attached hydrogens (tertiary/aromatic N) is 8. The van der Waals surface area contributed by atoms with Crippen molar-refractivity contribution in [2.75, 3.05) is 31.1 Å². The van der Waals surface area contributed by atoms with Crippen LogP contribution >= 0.6 is 0 Å². The van der Waals surface area contributed by atoms with Gasteiger partial charge in [0.05, 0.1) is 0 Å². The molecule has 1 aliphatic rings. The molecule has 148 valence electrons. The van der Waals surface area contributed by atoms with Crippen molar-refractivity contribution >= 4 is 15.8 Å². The Morgan fingerprint density at radius 3 is 2.36 bits per heavy atom. The second-order valence-electron chi connectivity index (χ2n) is 6.50. The number of aryl methyl sites for hydroxylation is 2. The zero-order valence-corrected chi connectivity index (χ0v) is 16.6. The van der Waals surface area contributed by atoms with Crippen molar-refractivity contribution in [2.45, 2.75) is 25.4 Å². The van der Waals surface area contributed by atoms with E-state index in [1.807, 2.05) is 41.5 Å². The van der Waals surface area contributed by atoms with E-state index in [9.17, 15) is 8.42 Å². The fraction of sp³-hybridized carbons (Fsp3) is 0.412. The van der Waals surface area contributed by atoms with E-state index in [2.05, 4.69) is 20.3 Å². The number of piperazine rings is 1. The van der Waals surface area contributed by atoms with Crippen molar-refractivity contribution in [3.8, 4) is 5.82 Å². The van der Waals surface area contributed by atoms with Crippen LogP contribution in [0, 0.1) is 6.92 Å². The first kappa shape index (κ1) is 18.6. The molecule has 3 aromatic heterocycles. The molecule has 0 amide bonds. The van der Waals surface area contributed by atoms with Crippen molar-refractivity contribution in [3.05, 3.63) is 42.6 Å². The third-order valence-corrected chi connectivity index (χ3v) is 6.61. The predicted octanol–water partition coefficient (Wildman–Crippen LogP) is 0.698. The SMILES string of the molecule is CCn1cc(S(=O)(=O)N2CCN(c3ccc(-n4cccn4)nn3)CC2)nc1C. The lowest BCUT2D eigenvalue weighted by atomic mass is 10.3. The Kier molecular flexibility index (Phi) is 4.85. The van der Waals surface area contributed by atoms with E-state index in [0.29, 0.717) is 44.4 Å². The number of imidazole rings is 1. The van der Waals surface area contributed by atoms with Crippen LogP contribution in [0.3, 0.4) is 0 Å². The van der Waals surface area contributed by atoms with E-state index in [1.54, 1.807) is 23.3 Å². The van der Waals surface area contributed by atoms with Gasteiger partial charge < -0.3 is 9.47 Å². The van der Waals surface area contributed by atoms with Crippen molar-refractivity contribution in [2.24, 2.45) is 0 Å². The van der Waals surface area contributed by atoms with E-state index in [1.165, 1.54) is 4.31 Å². The van der Waals surface area contributed by atoms with E-state index >= 15 is 0 Å². The van der Waals surface area contributed by atoms with Gasteiger partial charge in [-0.1, -0.05) is 0 Å². The van der Waals surface area contributed by atoms with Gasteiger partial charge in [0.15, 0.2) is 16.7 Å². The van der Waals surface area contributed by atoms with Gasteiger partial charge in [0.25, 0.3) is 10.0 Å². The maximum Gasteiger partial charge on any atom is 0.262 e. The van der Waals surface area contributed by atoms with Gasteiger partial charge in [-0.15, -0.1) is 10.2 Å². The lowest BCUT2D eigenvalue weighted by molar-refractivity contribution is 0.382. The molecule has 0 aromatic carbocycles. The number of rotatable bonds is 5. The summed E-state index contributed by atoms with van der Waals surface area (Å²) < 4.78 is 30.7. The van der Waals surface area contributed by atoms with E-state index < -0.39 is 10.0 Å². The summed E-state index contributed by atoms with van der Waals surface area (Å²) in [6, 6.07) is 5.54. The Labute approximate surface area is 163 Å². The van der Waals surface area contributed by atoms with Crippen LogP contribution in [0.5, 0.6) is 0 Å². The zero-order valence-electron chi connectivity index (χ0n) is 15.8. The second-order valence-corrected chi connectivity index (χ2v) is 8.39. The molecule has 1 fully saturated rings. The summed E-state index contributed by atoms with van der Waals surface area (Å²) in [6.07, 6.45) is 5.09. The van der Waals surface area contributed by atoms with Crippen molar-refractivity contribution in [1.29, 1.82) is 0 Å². The molecule has 4 heterocycles. The number of anilines is 1. The Hall–Kier alpha value is -2.79. The monoisotopic (exact) mass is 402 g/mol. The van der Waals surface area contributed by atoms with E-state index in [4.69, 9.17) is 0 Å². The highest BCUT2D eigenvalue weighted by atomic mass is 32.2. The van der Waals surface area contributed by atoms with Crippen molar-refractivity contribution < 1.29 is 8.42 Å². The lowest BCUT2D eigenvalue weighted by Crippen LogP contribution is -2.49. The number of sulfonamides is 1. The highest BCUT2D eigenvalue weighted by Crippen LogP contribution is 2.20. The van der Waals surface area contributed by atoms with Gasteiger partial charge in [0.1, 0.15) is 5.82 Å². The molecule has 0 unspecified atom stereocenters. The van der Waals surface area contributed by atoms with Gasteiger partial charge >= 0.3 is 0 Å². The van der Waals surface area contributed by atoms with Crippen molar-refractivity contribution in [3.63, 3.8) is 0 Å². The first-order valence-corrected chi connectivity index (χ1v) is 10.6. The van der Waals surface area contributed by atoms with Crippen LogP contribution in [0.1, 0.15) is 12.7 Å². The number of hydrogen-bond acceptors (Lipinski definition) is 7. The Balaban J connectivity index is 1.44. The Bertz CT molecular complexity index is 1040. The molecule has 10 nitrogen and oxygen atoms in total. The van der Waals surface area contributed by atoms with Gasteiger partial charge in [-0.2, -0.15) is 9.40 Å². The van der Waals surface area contributed by atoms with E-state index in [-0.39, 0.29) is 5.03 Å².